The number of allylic oxidation sites excluding steroid dienone is 1. The molecule has 0 saturated carbocycles. The van der Waals surface area contributed by atoms with E-state index in [1.807, 2.05) is 57.4 Å². The zero-order valence-electron chi connectivity index (χ0n) is 17.6. The van der Waals surface area contributed by atoms with Crippen LogP contribution in [0.4, 0.5) is 11.6 Å². The van der Waals surface area contributed by atoms with E-state index in [4.69, 9.17) is 4.74 Å². The Morgan fingerprint density at radius 2 is 2.17 bits per heavy atom. The summed E-state index contributed by atoms with van der Waals surface area (Å²) in [6.07, 6.45) is 6.62. The van der Waals surface area contributed by atoms with E-state index in [9.17, 15) is 4.79 Å². The maximum absolute atomic E-state index is 12.6. The van der Waals surface area contributed by atoms with E-state index in [1.165, 1.54) is 0 Å². The number of aliphatic imine (C=N–C) groups is 1. The van der Waals surface area contributed by atoms with E-state index in [1.54, 1.807) is 12.3 Å². The minimum absolute atomic E-state index is 0.108. The summed E-state index contributed by atoms with van der Waals surface area (Å²) in [6, 6.07) is 9.27. The van der Waals surface area contributed by atoms with E-state index >= 15 is 0 Å². The lowest BCUT2D eigenvalue weighted by atomic mass is 10.0. The van der Waals surface area contributed by atoms with Crippen molar-refractivity contribution in [3.63, 3.8) is 0 Å². The van der Waals surface area contributed by atoms with Crippen molar-refractivity contribution in [2.45, 2.75) is 25.8 Å². The fraction of sp³-hybridized carbons (Fsp3) is 0.304. The van der Waals surface area contributed by atoms with Crippen LogP contribution in [0.5, 0.6) is 5.75 Å². The predicted octanol–water partition coefficient (Wildman–Crippen LogP) is 3.77. The van der Waals surface area contributed by atoms with Gasteiger partial charge in [-0.3, -0.25) is 4.79 Å². The maximum atomic E-state index is 12.6. The van der Waals surface area contributed by atoms with Crippen molar-refractivity contribution in [3.05, 3.63) is 66.5 Å². The summed E-state index contributed by atoms with van der Waals surface area (Å²) in [7, 11) is 4.00. The molecule has 1 amide bonds. The van der Waals surface area contributed by atoms with Crippen molar-refractivity contribution in [3.8, 4) is 5.75 Å². The van der Waals surface area contributed by atoms with Crippen LogP contribution < -0.4 is 10.1 Å². The summed E-state index contributed by atoms with van der Waals surface area (Å²) in [4.78, 5) is 28.0. The summed E-state index contributed by atoms with van der Waals surface area (Å²) in [6.45, 7) is 6.13. The van der Waals surface area contributed by atoms with Crippen LogP contribution in [0, 0.1) is 0 Å². The molecule has 1 aliphatic heterocycles. The molecule has 0 fully saturated rings. The quantitative estimate of drug-likeness (QED) is 0.676. The highest BCUT2D eigenvalue weighted by atomic mass is 16.5. The highest BCUT2D eigenvalue weighted by molar-refractivity contribution is 6.03. The molecule has 7 nitrogen and oxygen atoms in total. The molecule has 1 N–H and O–H groups in total. The molecule has 7 heteroatoms. The van der Waals surface area contributed by atoms with Crippen LogP contribution in [0.1, 0.15) is 25.5 Å². The van der Waals surface area contributed by atoms with Gasteiger partial charge >= 0.3 is 0 Å². The molecule has 3 rings (SSSR count). The van der Waals surface area contributed by atoms with Crippen LogP contribution in [0.2, 0.25) is 0 Å². The van der Waals surface area contributed by atoms with Crippen LogP contribution in [-0.4, -0.2) is 53.2 Å². The van der Waals surface area contributed by atoms with Crippen LogP contribution in [0.3, 0.4) is 0 Å². The summed E-state index contributed by atoms with van der Waals surface area (Å²) < 4.78 is 5.71. The van der Waals surface area contributed by atoms with Gasteiger partial charge in [-0.25, -0.2) is 15.0 Å². The first kappa shape index (κ1) is 21.4. The number of nitrogens with one attached hydrogen (secondary N) is 1. The smallest absolute Gasteiger partial charge is 0.229 e. The third-order valence-electron chi connectivity index (χ3n) is 4.87. The Morgan fingerprint density at radius 3 is 2.90 bits per heavy atom. The van der Waals surface area contributed by atoms with E-state index < -0.39 is 0 Å². The molecule has 0 saturated heterocycles. The fourth-order valence-electron chi connectivity index (χ4n) is 3.11. The van der Waals surface area contributed by atoms with Crippen LogP contribution in [0.15, 0.2) is 65.8 Å². The number of amides is 1. The van der Waals surface area contributed by atoms with Gasteiger partial charge in [0.05, 0.1) is 5.69 Å². The molecule has 1 aliphatic rings. The normalized spacial score (nSPS) is 14.4. The molecule has 2 aromatic heterocycles. The van der Waals surface area contributed by atoms with Crippen molar-refractivity contribution in [1.82, 2.24) is 14.9 Å². The third-order valence-corrected chi connectivity index (χ3v) is 4.87. The molecular formula is C23H27N5O2. The van der Waals surface area contributed by atoms with Crippen molar-refractivity contribution in [2.75, 3.05) is 26.0 Å². The number of aromatic nitrogens is 2. The molecule has 30 heavy (non-hydrogen) atoms. The Balaban J connectivity index is 1.67. The molecule has 1 unspecified atom stereocenters. The van der Waals surface area contributed by atoms with Gasteiger partial charge in [-0.15, -0.1) is 6.58 Å². The Kier molecular flexibility index (Phi) is 7.08. The molecule has 0 aromatic carbocycles. The first-order valence-electron chi connectivity index (χ1n) is 9.86. The monoisotopic (exact) mass is 405 g/mol. The first-order chi connectivity index (χ1) is 14.5. The van der Waals surface area contributed by atoms with Gasteiger partial charge in [0.2, 0.25) is 5.91 Å². The van der Waals surface area contributed by atoms with Gasteiger partial charge in [-0.2, -0.15) is 0 Å². The van der Waals surface area contributed by atoms with Crippen molar-refractivity contribution < 1.29 is 9.53 Å². The predicted molar refractivity (Wildman–Crippen MR) is 119 cm³/mol. The first-order valence-corrected chi connectivity index (χ1v) is 9.86. The molecule has 0 spiro atoms. The minimum Gasteiger partial charge on any atom is -0.483 e. The zero-order valence-corrected chi connectivity index (χ0v) is 17.6. The van der Waals surface area contributed by atoms with Crippen molar-refractivity contribution >= 4 is 23.3 Å². The lowest BCUT2D eigenvalue weighted by Gasteiger charge is -2.22. The van der Waals surface area contributed by atoms with E-state index in [-0.39, 0.29) is 11.9 Å². The second-order valence-corrected chi connectivity index (χ2v) is 7.22. The molecule has 156 valence electrons. The second-order valence-electron chi connectivity index (χ2n) is 7.22. The van der Waals surface area contributed by atoms with Gasteiger partial charge < -0.3 is 15.0 Å². The summed E-state index contributed by atoms with van der Waals surface area (Å²) >= 11 is 0. The molecule has 0 aliphatic carbocycles. The zero-order chi connectivity index (χ0) is 21.5. The Morgan fingerprint density at radius 1 is 1.33 bits per heavy atom. The number of pyridine rings is 2. The van der Waals surface area contributed by atoms with Crippen LogP contribution in [-0.2, 0) is 4.79 Å². The van der Waals surface area contributed by atoms with Gasteiger partial charge in [-0.1, -0.05) is 23.8 Å². The van der Waals surface area contributed by atoms with Crippen LogP contribution in [0.25, 0.3) is 0 Å². The standard InChI is InChI=1S/C23H27N5O2/c1-5-16(13-17(6-2)28(3)4)14-22(29)27-21-11-7-9-18(25-21)19-15-30-20-10-8-12-24-23(20)26-19/h5-12,17H,2,13-15H2,1,3-4H3,(H,25,27,29)/b16-5+. The number of likely N-dealkylation sites (N-methyl/N-ethyl adjacent to an activating group) is 1. The molecule has 3 heterocycles. The van der Waals surface area contributed by atoms with Crippen molar-refractivity contribution in [2.24, 2.45) is 4.99 Å². The van der Waals surface area contributed by atoms with Gasteiger partial charge in [0.1, 0.15) is 18.1 Å². The second kappa shape index (κ2) is 9.93. The number of hydrogen-bond donors (Lipinski definition) is 1. The van der Waals surface area contributed by atoms with E-state index in [0.717, 1.165) is 12.0 Å². The number of nitrogens with zero attached hydrogens (tertiary/aromatic N) is 4. The van der Waals surface area contributed by atoms with Gasteiger partial charge in [-0.05, 0) is 51.7 Å². The largest absolute Gasteiger partial charge is 0.483 e. The lowest BCUT2D eigenvalue weighted by Crippen LogP contribution is -2.26. The number of carbonyl (C=O) groups is 1. The number of rotatable bonds is 8. The fourth-order valence-corrected chi connectivity index (χ4v) is 3.11. The summed E-state index contributed by atoms with van der Waals surface area (Å²) in [5.74, 6) is 1.56. The van der Waals surface area contributed by atoms with Gasteiger partial charge in [0.25, 0.3) is 0 Å². The summed E-state index contributed by atoms with van der Waals surface area (Å²) in [5, 5.41) is 2.88. The lowest BCUT2D eigenvalue weighted by molar-refractivity contribution is -0.115. The average molecular weight is 406 g/mol. The third kappa shape index (κ3) is 5.39. The van der Waals surface area contributed by atoms with Crippen LogP contribution >= 0.6 is 0 Å². The van der Waals surface area contributed by atoms with E-state index in [0.29, 0.717) is 41.8 Å². The Labute approximate surface area is 177 Å². The number of ether oxygens (including phenoxy) is 1. The number of fused-ring (bicyclic) bond motifs is 1. The van der Waals surface area contributed by atoms with E-state index in [2.05, 4.69) is 31.8 Å². The minimum atomic E-state index is -0.108. The molecule has 0 bridgehead atoms. The average Bonchev–Trinajstić information content (AvgIpc) is 2.76. The highest BCUT2D eigenvalue weighted by Crippen LogP contribution is 2.28. The molecule has 1 atom stereocenters. The SMILES string of the molecule is C=CC(C/C(=C\C)CC(=O)Nc1cccc(C2=Nc3ncccc3OC2)n1)N(C)C. The molecule has 2 aromatic rings. The van der Waals surface area contributed by atoms with Gasteiger partial charge in [0.15, 0.2) is 11.6 Å². The highest BCUT2D eigenvalue weighted by Gasteiger charge is 2.17. The molecule has 0 radical (unpaired) electrons. The summed E-state index contributed by atoms with van der Waals surface area (Å²) in [5.41, 5.74) is 2.37. The number of hydrogen-bond acceptors (Lipinski definition) is 6. The maximum Gasteiger partial charge on any atom is 0.229 e. The topological polar surface area (TPSA) is 79.7 Å². The number of carbonyl (C=O) groups excluding carboxylic acids is 1. The van der Waals surface area contributed by atoms with Gasteiger partial charge in [0, 0.05) is 18.7 Å². The Hall–Kier alpha value is -3.32. The van der Waals surface area contributed by atoms with Crippen molar-refractivity contribution in [1.29, 1.82) is 0 Å². The Bertz CT molecular complexity index is 981. The number of anilines is 1. The molecular weight excluding hydrogens is 378 g/mol.